The largest absolute Gasteiger partial charge is 2.00 e. The number of aliphatic carboxylic acids is 2. The first kappa shape index (κ1) is 16.2. The predicted molar refractivity (Wildman–Crippen MR) is 27.1 cm³/mol. The third-order valence-electron chi connectivity index (χ3n) is 0. The number of hydrogen-bond donors (Lipinski definition) is 0. The van der Waals surface area contributed by atoms with Crippen molar-refractivity contribution in [2.24, 2.45) is 0 Å². The summed E-state index contributed by atoms with van der Waals surface area (Å²) < 4.78 is 0. The van der Waals surface area contributed by atoms with Gasteiger partial charge < -0.3 is 19.8 Å². The van der Waals surface area contributed by atoms with Crippen molar-refractivity contribution in [2.75, 3.05) is 0 Å². The van der Waals surface area contributed by atoms with Crippen LogP contribution in [0.1, 0.15) is 13.8 Å². The summed E-state index contributed by atoms with van der Waals surface area (Å²) in [6, 6.07) is 0. The maximum Gasteiger partial charge on any atom is 2.00 e. The fourth-order valence-electron chi connectivity index (χ4n) is 0. The number of carbonyl (C=O) groups excluding carboxylic acids is 2. The summed E-state index contributed by atoms with van der Waals surface area (Å²) in [4.78, 5) is 17.8. The maximum atomic E-state index is 8.89. The topological polar surface area (TPSA) is 80.3 Å². The second-order valence-electron chi connectivity index (χ2n) is 0.983. The van der Waals surface area contributed by atoms with Crippen LogP contribution < -0.4 is 10.2 Å². The molecular weight excluding hydrogens is 200 g/mol. The molecule has 0 spiro atoms. The molecule has 0 fully saturated rings. The number of hydrogen-bond acceptors (Lipinski definition) is 4. The SMILES string of the molecule is CC(=O)[O-].CC(=O)[O-].[Sr+2]. The molecule has 0 saturated heterocycles. The van der Waals surface area contributed by atoms with Gasteiger partial charge in [0.1, 0.15) is 0 Å². The van der Waals surface area contributed by atoms with Crippen molar-refractivity contribution in [3.63, 3.8) is 0 Å². The van der Waals surface area contributed by atoms with Gasteiger partial charge in [-0.2, -0.15) is 0 Å². The minimum Gasteiger partial charge on any atom is -0.550 e. The van der Waals surface area contributed by atoms with Gasteiger partial charge in [-0.1, -0.05) is 0 Å². The minimum atomic E-state index is -1.08. The molecule has 0 N–H and O–H groups in total. The van der Waals surface area contributed by atoms with Crippen molar-refractivity contribution >= 4 is 57.4 Å². The molecule has 9 heavy (non-hydrogen) atoms. The van der Waals surface area contributed by atoms with E-state index in [4.69, 9.17) is 19.8 Å². The van der Waals surface area contributed by atoms with E-state index >= 15 is 0 Å². The molecule has 0 aromatic heterocycles. The molecule has 0 atom stereocenters. The molecule has 0 bridgehead atoms. The summed E-state index contributed by atoms with van der Waals surface area (Å²) in [5.74, 6) is -2.17. The third kappa shape index (κ3) is 1960. The Morgan fingerprint density at radius 1 is 1.00 bits per heavy atom. The second-order valence-corrected chi connectivity index (χ2v) is 0.983. The average molecular weight is 206 g/mol. The van der Waals surface area contributed by atoms with Crippen LogP contribution in [-0.4, -0.2) is 57.4 Å². The summed E-state index contributed by atoms with van der Waals surface area (Å²) >= 11 is 0. The van der Waals surface area contributed by atoms with Crippen LogP contribution in [0.2, 0.25) is 0 Å². The Labute approximate surface area is 90.1 Å². The first-order valence-electron chi connectivity index (χ1n) is 1.82. The van der Waals surface area contributed by atoms with Gasteiger partial charge in [-0.05, 0) is 13.8 Å². The van der Waals surface area contributed by atoms with Crippen LogP contribution in [0.5, 0.6) is 0 Å². The van der Waals surface area contributed by atoms with Gasteiger partial charge in [-0.15, -0.1) is 0 Å². The van der Waals surface area contributed by atoms with E-state index in [-0.39, 0.29) is 45.5 Å². The van der Waals surface area contributed by atoms with Crippen LogP contribution in [-0.2, 0) is 9.59 Å². The molecule has 0 unspecified atom stereocenters. The van der Waals surface area contributed by atoms with Crippen molar-refractivity contribution in [1.29, 1.82) is 0 Å². The summed E-state index contributed by atoms with van der Waals surface area (Å²) in [6.07, 6.45) is 0. The second kappa shape index (κ2) is 11.2. The Hall–Kier alpha value is 0.421. The van der Waals surface area contributed by atoms with Gasteiger partial charge in [-0.25, -0.2) is 0 Å². The van der Waals surface area contributed by atoms with Gasteiger partial charge in [0.2, 0.25) is 0 Å². The van der Waals surface area contributed by atoms with Gasteiger partial charge >= 0.3 is 45.5 Å². The molecule has 0 saturated carbocycles. The summed E-state index contributed by atoms with van der Waals surface area (Å²) in [5.41, 5.74) is 0. The first-order valence-corrected chi connectivity index (χ1v) is 1.82. The molecule has 0 aliphatic heterocycles. The Morgan fingerprint density at radius 2 is 1.00 bits per heavy atom. The smallest absolute Gasteiger partial charge is 0.550 e. The van der Waals surface area contributed by atoms with Crippen LogP contribution in [0.4, 0.5) is 0 Å². The van der Waals surface area contributed by atoms with Gasteiger partial charge in [0, 0.05) is 11.9 Å². The zero-order valence-corrected chi connectivity index (χ0v) is 8.82. The van der Waals surface area contributed by atoms with Crippen LogP contribution in [0, 0.1) is 0 Å². The zero-order chi connectivity index (χ0) is 7.15. The van der Waals surface area contributed by atoms with E-state index in [0.29, 0.717) is 0 Å². The number of carboxylic acids is 2. The van der Waals surface area contributed by atoms with E-state index in [1.165, 1.54) is 0 Å². The van der Waals surface area contributed by atoms with Gasteiger partial charge in [0.05, 0.1) is 0 Å². The molecule has 0 amide bonds. The van der Waals surface area contributed by atoms with Crippen LogP contribution in [0.3, 0.4) is 0 Å². The van der Waals surface area contributed by atoms with E-state index < -0.39 is 11.9 Å². The number of rotatable bonds is 0. The van der Waals surface area contributed by atoms with E-state index in [1.807, 2.05) is 0 Å². The third-order valence-corrected chi connectivity index (χ3v) is 0. The number of carboxylic acid groups (broad SMARTS) is 2. The van der Waals surface area contributed by atoms with E-state index in [0.717, 1.165) is 13.8 Å². The monoisotopic (exact) mass is 206 g/mol. The molecule has 0 aliphatic rings. The molecule has 5 heteroatoms. The minimum absolute atomic E-state index is 0. The van der Waals surface area contributed by atoms with Crippen LogP contribution >= 0.6 is 0 Å². The molecule has 4 nitrogen and oxygen atoms in total. The van der Waals surface area contributed by atoms with E-state index in [1.54, 1.807) is 0 Å². The van der Waals surface area contributed by atoms with Crippen molar-refractivity contribution in [3.05, 3.63) is 0 Å². The van der Waals surface area contributed by atoms with Crippen molar-refractivity contribution in [1.82, 2.24) is 0 Å². The fraction of sp³-hybridized carbons (Fsp3) is 0.500. The molecule has 0 rings (SSSR count). The van der Waals surface area contributed by atoms with E-state index in [9.17, 15) is 0 Å². The fourth-order valence-corrected chi connectivity index (χ4v) is 0. The van der Waals surface area contributed by atoms with Crippen molar-refractivity contribution in [3.8, 4) is 0 Å². The van der Waals surface area contributed by atoms with Gasteiger partial charge in [0.25, 0.3) is 0 Å². The molecule has 0 aliphatic carbocycles. The Morgan fingerprint density at radius 3 is 1.00 bits per heavy atom. The van der Waals surface area contributed by atoms with Gasteiger partial charge in [-0.3, -0.25) is 0 Å². The molecule has 0 aromatic rings. The standard InChI is InChI=1S/2C2H4O2.Sr/c2*1-2(3)4;/h2*1H3,(H,3,4);/q;;+2/p-2. The quantitative estimate of drug-likeness (QED) is 0.399. The van der Waals surface area contributed by atoms with Crippen LogP contribution in [0.25, 0.3) is 0 Å². The zero-order valence-electron chi connectivity index (χ0n) is 5.34. The normalized spacial score (nSPS) is 5.56. The Balaban J connectivity index is -0.0000000720. The van der Waals surface area contributed by atoms with E-state index in [2.05, 4.69) is 0 Å². The van der Waals surface area contributed by atoms with Crippen molar-refractivity contribution < 1.29 is 19.8 Å². The molecule has 0 radical (unpaired) electrons. The number of carbonyl (C=O) groups is 2. The molecule has 48 valence electrons. The maximum absolute atomic E-state index is 8.89. The molecule has 0 heterocycles. The van der Waals surface area contributed by atoms with Crippen LogP contribution in [0.15, 0.2) is 0 Å². The summed E-state index contributed by atoms with van der Waals surface area (Å²) in [5, 5.41) is 17.8. The van der Waals surface area contributed by atoms with Gasteiger partial charge in [0.15, 0.2) is 0 Å². The van der Waals surface area contributed by atoms with Crippen molar-refractivity contribution in [2.45, 2.75) is 13.8 Å². The Kier molecular flexibility index (Phi) is 20.3. The summed E-state index contributed by atoms with van der Waals surface area (Å²) in [6.45, 7) is 1.94. The molecular formula is C4H6O4Sr. The predicted octanol–water partition coefficient (Wildman–Crippen LogP) is -2.87. The molecule has 0 aromatic carbocycles. The first-order chi connectivity index (χ1) is 3.46. The average Bonchev–Trinajstić information content (AvgIpc) is 1.25. The summed E-state index contributed by atoms with van der Waals surface area (Å²) in [7, 11) is 0. The Bertz CT molecular complexity index is 70.6.